The maximum absolute atomic E-state index is 13.1. The molecule has 2 rings (SSSR count). The van der Waals surface area contributed by atoms with Crippen LogP contribution >= 0.6 is 0 Å². The van der Waals surface area contributed by atoms with E-state index in [0.29, 0.717) is 0 Å². The van der Waals surface area contributed by atoms with Gasteiger partial charge in [0.2, 0.25) is 0 Å². The lowest BCUT2D eigenvalue weighted by molar-refractivity contribution is -0.139. The van der Waals surface area contributed by atoms with Crippen LogP contribution in [0.5, 0.6) is 0 Å². The molecule has 0 radical (unpaired) electrons. The summed E-state index contributed by atoms with van der Waals surface area (Å²) < 4.78 is 31.3. The van der Waals surface area contributed by atoms with Gasteiger partial charge in [0.05, 0.1) is 0 Å². The van der Waals surface area contributed by atoms with Crippen LogP contribution in [0.2, 0.25) is 0 Å². The number of hydrogen-bond acceptors (Lipinski definition) is 5. The Hall–Kier alpha value is -1.80. The van der Waals surface area contributed by atoms with Gasteiger partial charge in [0, 0.05) is 12.8 Å². The predicted octanol–water partition coefficient (Wildman–Crippen LogP) is 1.35. The number of alkyl carbamates (subject to hydrolysis) is 1. The van der Waals surface area contributed by atoms with Crippen molar-refractivity contribution in [2.75, 3.05) is 0 Å². The van der Waals surface area contributed by atoms with E-state index in [1.807, 2.05) is 0 Å². The van der Waals surface area contributed by atoms with Crippen LogP contribution in [0, 0.1) is 0 Å². The third-order valence-electron chi connectivity index (χ3n) is 2.63. The number of amides is 1. The van der Waals surface area contributed by atoms with Crippen molar-refractivity contribution in [1.29, 1.82) is 0 Å². The number of aromatic amines is 1. The van der Waals surface area contributed by atoms with Gasteiger partial charge in [-0.05, 0) is 20.8 Å². The average Bonchev–Trinajstić information content (AvgIpc) is 2.62. The predicted molar refractivity (Wildman–Crippen MR) is 59.4 cm³/mol. The maximum atomic E-state index is 13.1. The molecule has 1 heterocycles. The van der Waals surface area contributed by atoms with Gasteiger partial charge in [0.15, 0.2) is 5.82 Å². The second-order valence-electron chi connectivity index (χ2n) is 5.65. The molecule has 1 amide bonds. The Labute approximate surface area is 108 Å². The molecule has 19 heavy (non-hydrogen) atoms. The maximum Gasteiger partial charge on any atom is 0.408 e. The van der Waals surface area contributed by atoms with E-state index in [4.69, 9.17) is 4.74 Å². The molecule has 1 aromatic heterocycles. The van der Waals surface area contributed by atoms with Gasteiger partial charge in [-0.1, -0.05) is 5.21 Å². The molecule has 2 N–H and O–H groups in total. The Morgan fingerprint density at radius 1 is 1.42 bits per heavy atom. The Balaban J connectivity index is 2.11. The minimum atomic E-state index is -2.85. The van der Waals surface area contributed by atoms with E-state index in [0.717, 1.165) is 0 Å². The highest BCUT2D eigenvalue weighted by Gasteiger charge is 2.61. The van der Waals surface area contributed by atoms with Crippen molar-refractivity contribution in [1.82, 2.24) is 25.9 Å². The highest BCUT2D eigenvalue weighted by Crippen LogP contribution is 2.50. The number of nitrogens with zero attached hydrogens (tertiary/aromatic N) is 3. The first-order chi connectivity index (χ1) is 8.62. The van der Waals surface area contributed by atoms with Crippen LogP contribution in [0.3, 0.4) is 0 Å². The fourth-order valence-electron chi connectivity index (χ4n) is 2.00. The third kappa shape index (κ3) is 2.96. The molecule has 1 fully saturated rings. The third-order valence-corrected chi connectivity index (χ3v) is 2.63. The summed E-state index contributed by atoms with van der Waals surface area (Å²) in [6.07, 6.45) is -1.93. The number of hydrogen-bond donors (Lipinski definition) is 2. The standard InChI is InChI=1S/C10H15F2N5O2/c1-8(2,3)19-7(18)13-9(4-10(11,12)5-9)6-14-16-17-15-6/h4-5H2,1-3H3,(H,13,18)(H,14,15,16,17). The van der Waals surface area contributed by atoms with Crippen molar-refractivity contribution < 1.29 is 18.3 Å². The van der Waals surface area contributed by atoms with Crippen LogP contribution in [0.25, 0.3) is 0 Å². The number of H-pyrrole nitrogens is 1. The molecule has 0 unspecified atom stereocenters. The fourth-order valence-corrected chi connectivity index (χ4v) is 2.00. The molecule has 106 valence electrons. The van der Waals surface area contributed by atoms with Gasteiger partial charge >= 0.3 is 6.09 Å². The molecule has 1 aliphatic carbocycles. The summed E-state index contributed by atoms with van der Waals surface area (Å²) in [7, 11) is 0. The largest absolute Gasteiger partial charge is 0.444 e. The number of carbonyl (C=O) groups is 1. The lowest BCUT2D eigenvalue weighted by Gasteiger charge is -2.45. The number of halogens is 2. The van der Waals surface area contributed by atoms with Crippen molar-refractivity contribution in [3.63, 3.8) is 0 Å². The molecule has 1 aromatic rings. The van der Waals surface area contributed by atoms with E-state index in [1.54, 1.807) is 20.8 Å². The first kappa shape index (κ1) is 13.6. The van der Waals surface area contributed by atoms with Crippen LogP contribution in [-0.4, -0.2) is 38.2 Å². The summed E-state index contributed by atoms with van der Waals surface area (Å²) in [5.74, 6) is -2.82. The van der Waals surface area contributed by atoms with Crippen LogP contribution < -0.4 is 5.32 Å². The number of tetrazole rings is 1. The van der Waals surface area contributed by atoms with E-state index in [-0.39, 0.29) is 5.82 Å². The van der Waals surface area contributed by atoms with Crippen molar-refractivity contribution in [3.05, 3.63) is 5.82 Å². The van der Waals surface area contributed by atoms with Gasteiger partial charge in [0.1, 0.15) is 11.1 Å². The van der Waals surface area contributed by atoms with E-state index >= 15 is 0 Å². The number of aromatic nitrogens is 4. The molecule has 0 spiro atoms. The molecular formula is C10H15F2N5O2. The minimum absolute atomic E-state index is 0.0317. The van der Waals surface area contributed by atoms with Gasteiger partial charge in [0.25, 0.3) is 5.92 Å². The molecule has 0 bridgehead atoms. The Bertz CT molecular complexity index is 461. The van der Waals surface area contributed by atoms with Crippen molar-refractivity contribution in [2.45, 2.75) is 50.7 Å². The van der Waals surface area contributed by atoms with Gasteiger partial charge in [-0.3, -0.25) is 0 Å². The lowest BCUT2D eigenvalue weighted by atomic mass is 9.73. The zero-order chi connectivity index (χ0) is 14.3. The van der Waals surface area contributed by atoms with Gasteiger partial charge in [-0.2, -0.15) is 5.21 Å². The summed E-state index contributed by atoms with van der Waals surface area (Å²) >= 11 is 0. The molecule has 7 nitrogen and oxygen atoms in total. The summed E-state index contributed by atoms with van der Waals surface area (Å²) in [6, 6.07) is 0. The van der Waals surface area contributed by atoms with Crippen molar-refractivity contribution in [3.8, 4) is 0 Å². The highest BCUT2D eigenvalue weighted by molar-refractivity contribution is 5.69. The summed E-state index contributed by atoms with van der Waals surface area (Å²) in [6.45, 7) is 5.05. The van der Waals surface area contributed by atoms with E-state index in [1.165, 1.54) is 0 Å². The Morgan fingerprint density at radius 3 is 2.47 bits per heavy atom. The number of carbonyl (C=O) groups excluding carboxylic acids is 1. The summed E-state index contributed by atoms with van der Waals surface area (Å²) in [4.78, 5) is 11.7. The SMILES string of the molecule is CC(C)(C)OC(=O)NC1(c2nn[nH]n2)CC(F)(F)C1. The van der Waals surface area contributed by atoms with Gasteiger partial charge in [-0.15, -0.1) is 10.2 Å². The molecule has 0 aliphatic heterocycles. The monoisotopic (exact) mass is 275 g/mol. The van der Waals surface area contributed by atoms with Crippen LogP contribution in [-0.2, 0) is 10.3 Å². The van der Waals surface area contributed by atoms with Crippen LogP contribution in [0.4, 0.5) is 13.6 Å². The minimum Gasteiger partial charge on any atom is -0.444 e. The van der Waals surface area contributed by atoms with Crippen LogP contribution in [0.15, 0.2) is 0 Å². The summed E-state index contributed by atoms with van der Waals surface area (Å²) in [5, 5.41) is 15.3. The zero-order valence-electron chi connectivity index (χ0n) is 10.8. The molecule has 1 saturated carbocycles. The molecule has 1 aliphatic rings. The first-order valence-electron chi connectivity index (χ1n) is 5.75. The molecule has 9 heteroatoms. The number of alkyl halides is 2. The van der Waals surface area contributed by atoms with E-state index in [2.05, 4.69) is 25.9 Å². The number of ether oxygens (including phenoxy) is 1. The van der Waals surface area contributed by atoms with Gasteiger partial charge < -0.3 is 10.1 Å². The second-order valence-corrected chi connectivity index (χ2v) is 5.65. The molecule has 0 atom stereocenters. The molecular weight excluding hydrogens is 260 g/mol. The van der Waals surface area contributed by atoms with E-state index in [9.17, 15) is 13.6 Å². The van der Waals surface area contributed by atoms with Crippen molar-refractivity contribution in [2.24, 2.45) is 0 Å². The number of rotatable bonds is 2. The molecule has 0 saturated heterocycles. The van der Waals surface area contributed by atoms with Gasteiger partial charge in [-0.25, -0.2) is 13.6 Å². The van der Waals surface area contributed by atoms with Crippen LogP contribution in [0.1, 0.15) is 39.4 Å². The normalized spacial score (nSPS) is 20.5. The lowest BCUT2D eigenvalue weighted by Crippen LogP contribution is -2.61. The quantitative estimate of drug-likeness (QED) is 0.849. The second kappa shape index (κ2) is 4.10. The zero-order valence-corrected chi connectivity index (χ0v) is 10.8. The van der Waals surface area contributed by atoms with Crippen molar-refractivity contribution >= 4 is 6.09 Å². The molecule has 0 aromatic carbocycles. The highest BCUT2D eigenvalue weighted by atomic mass is 19.3. The smallest absolute Gasteiger partial charge is 0.408 e. The topological polar surface area (TPSA) is 92.8 Å². The summed E-state index contributed by atoms with van der Waals surface area (Å²) in [5.41, 5.74) is -2.03. The fraction of sp³-hybridized carbons (Fsp3) is 0.800. The van der Waals surface area contributed by atoms with E-state index < -0.39 is 36.0 Å². The average molecular weight is 275 g/mol. The Morgan fingerprint density at radius 2 is 2.05 bits per heavy atom. The Kier molecular flexibility index (Phi) is 2.94. The number of nitrogens with one attached hydrogen (secondary N) is 2. The first-order valence-corrected chi connectivity index (χ1v) is 5.75.